The monoisotopic (exact) mass is 212 g/mol. The SMILES string of the molecule is Fc1ccccc1-c1n[nH]c(=S)s1. The Kier molecular flexibility index (Phi) is 2.20. The van der Waals surface area contributed by atoms with E-state index in [1.165, 1.54) is 17.4 Å². The number of aromatic amines is 1. The lowest BCUT2D eigenvalue weighted by molar-refractivity contribution is 0.631. The van der Waals surface area contributed by atoms with Crippen LogP contribution in [0.15, 0.2) is 24.3 Å². The molecule has 1 N–H and O–H groups in total. The van der Waals surface area contributed by atoms with Crippen molar-refractivity contribution >= 4 is 23.6 Å². The van der Waals surface area contributed by atoms with Gasteiger partial charge in [0.2, 0.25) is 0 Å². The normalized spacial score (nSPS) is 10.2. The predicted molar refractivity (Wildman–Crippen MR) is 52.7 cm³/mol. The molecule has 0 saturated carbocycles. The molecule has 66 valence electrons. The van der Waals surface area contributed by atoms with Gasteiger partial charge in [-0.15, -0.1) is 0 Å². The summed E-state index contributed by atoms with van der Waals surface area (Å²) in [7, 11) is 0. The van der Waals surface area contributed by atoms with Crippen molar-refractivity contribution in [1.82, 2.24) is 10.2 Å². The van der Waals surface area contributed by atoms with E-state index in [1.807, 2.05) is 0 Å². The zero-order valence-electron chi connectivity index (χ0n) is 6.45. The van der Waals surface area contributed by atoms with E-state index in [0.29, 0.717) is 14.5 Å². The molecule has 0 fully saturated rings. The van der Waals surface area contributed by atoms with E-state index < -0.39 is 0 Å². The van der Waals surface area contributed by atoms with Crippen molar-refractivity contribution in [3.63, 3.8) is 0 Å². The average Bonchev–Trinajstić information content (AvgIpc) is 2.53. The van der Waals surface area contributed by atoms with Crippen LogP contribution in [0.3, 0.4) is 0 Å². The first-order chi connectivity index (χ1) is 6.27. The molecule has 0 radical (unpaired) electrons. The molecule has 0 aliphatic heterocycles. The van der Waals surface area contributed by atoms with Gasteiger partial charge < -0.3 is 0 Å². The molecule has 0 aliphatic rings. The number of H-pyrrole nitrogens is 1. The molecule has 1 aromatic heterocycles. The van der Waals surface area contributed by atoms with Crippen molar-refractivity contribution in [3.05, 3.63) is 34.0 Å². The van der Waals surface area contributed by atoms with Gasteiger partial charge in [-0.05, 0) is 24.4 Å². The Morgan fingerprint density at radius 2 is 2.15 bits per heavy atom. The maximum Gasteiger partial charge on any atom is 0.176 e. The average molecular weight is 212 g/mol. The van der Waals surface area contributed by atoms with Gasteiger partial charge in [0.15, 0.2) is 3.95 Å². The summed E-state index contributed by atoms with van der Waals surface area (Å²) in [5.41, 5.74) is 0.486. The van der Waals surface area contributed by atoms with E-state index >= 15 is 0 Å². The maximum absolute atomic E-state index is 13.2. The summed E-state index contributed by atoms with van der Waals surface area (Å²) >= 11 is 6.12. The lowest BCUT2D eigenvalue weighted by atomic mass is 10.2. The van der Waals surface area contributed by atoms with Crippen LogP contribution in [-0.2, 0) is 0 Å². The van der Waals surface area contributed by atoms with E-state index in [-0.39, 0.29) is 5.82 Å². The summed E-state index contributed by atoms with van der Waals surface area (Å²) in [6.45, 7) is 0. The third kappa shape index (κ3) is 1.66. The van der Waals surface area contributed by atoms with Crippen molar-refractivity contribution in [1.29, 1.82) is 0 Å². The third-order valence-electron chi connectivity index (χ3n) is 1.54. The summed E-state index contributed by atoms with van der Waals surface area (Å²) in [6, 6.07) is 6.49. The molecule has 0 spiro atoms. The van der Waals surface area contributed by atoms with Gasteiger partial charge in [-0.25, -0.2) is 4.39 Å². The van der Waals surface area contributed by atoms with Crippen molar-refractivity contribution < 1.29 is 4.39 Å². The fourth-order valence-corrected chi connectivity index (χ4v) is 1.90. The van der Waals surface area contributed by atoms with Gasteiger partial charge in [0, 0.05) is 5.56 Å². The van der Waals surface area contributed by atoms with E-state index in [2.05, 4.69) is 10.2 Å². The zero-order chi connectivity index (χ0) is 9.26. The molecule has 0 aliphatic carbocycles. The first kappa shape index (κ1) is 8.52. The minimum Gasteiger partial charge on any atom is -0.258 e. The third-order valence-corrected chi connectivity index (χ3v) is 2.66. The van der Waals surface area contributed by atoms with Crippen LogP contribution in [0.1, 0.15) is 0 Å². The molecule has 1 aromatic carbocycles. The molecule has 2 aromatic rings. The van der Waals surface area contributed by atoms with Crippen LogP contribution in [0, 0.1) is 9.77 Å². The molecule has 5 heteroatoms. The first-order valence-corrected chi connectivity index (χ1v) is 4.80. The van der Waals surface area contributed by atoms with Gasteiger partial charge in [-0.1, -0.05) is 23.5 Å². The Morgan fingerprint density at radius 1 is 1.38 bits per heavy atom. The summed E-state index contributed by atoms with van der Waals surface area (Å²) in [5, 5.41) is 7.09. The van der Waals surface area contributed by atoms with E-state index in [1.54, 1.807) is 18.2 Å². The second-order valence-corrected chi connectivity index (χ2v) is 4.06. The highest BCUT2D eigenvalue weighted by atomic mass is 32.1. The number of benzene rings is 1. The Labute approximate surface area is 83.1 Å². The molecule has 0 amide bonds. The summed E-state index contributed by atoms with van der Waals surface area (Å²) < 4.78 is 13.8. The Hall–Kier alpha value is -1.07. The lowest BCUT2D eigenvalue weighted by Gasteiger charge is -1.95. The Bertz CT molecular complexity index is 475. The van der Waals surface area contributed by atoms with Gasteiger partial charge in [-0.2, -0.15) is 5.10 Å². The van der Waals surface area contributed by atoms with Crippen LogP contribution in [0.5, 0.6) is 0 Å². The molecule has 0 atom stereocenters. The number of rotatable bonds is 1. The predicted octanol–water partition coefficient (Wildman–Crippen LogP) is 3.01. The second-order valence-electron chi connectivity index (χ2n) is 2.40. The van der Waals surface area contributed by atoms with Crippen LogP contribution in [0.4, 0.5) is 4.39 Å². The standard InChI is InChI=1S/C8H5FN2S2/c9-6-4-2-1-3-5(6)7-10-11-8(12)13-7/h1-4H,(H,11,12). The lowest BCUT2D eigenvalue weighted by Crippen LogP contribution is -1.81. The second kappa shape index (κ2) is 3.35. The summed E-state index contributed by atoms with van der Waals surface area (Å²) in [6.07, 6.45) is 0. The van der Waals surface area contributed by atoms with Gasteiger partial charge in [0.05, 0.1) is 0 Å². The topological polar surface area (TPSA) is 28.7 Å². The fourth-order valence-electron chi connectivity index (χ4n) is 0.980. The smallest absolute Gasteiger partial charge is 0.176 e. The number of hydrogen-bond donors (Lipinski definition) is 1. The van der Waals surface area contributed by atoms with Crippen molar-refractivity contribution in [3.8, 4) is 10.6 Å². The minimum atomic E-state index is -0.278. The van der Waals surface area contributed by atoms with Crippen molar-refractivity contribution in [2.75, 3.05) is 0 Å². The Morgan fingerprint density at radius 3 is 2.77 bits per heavy atom. The quantitative estimate of drug-likeness (QED) is 0.736. The number of nitrogens with zero attached hydrogens (tertiary/aromatic N) is 1. The number of nitrogens with one attached hydrogen (secondary N) is 1. The van der Waals surface area contributed by atoms with Crippen molar-refractivity contribution in [2.24, 2.45) is 0 Å². The number of hydrogen-bond acceptors (Lipinski definition) is 3. The van der Waals surface area contributed by atoms with Gasteiger partial charge >= 0.3 is 0 Å². The molecule has 2 nitrogen and oxygen atoms in total. The Balaban J connectivity index is 2.58. The highest BCUT2D eigenvalue weighted by Crippen LogP contribution is 2.23. The van der Waals surface area contributed by atoms with E-state index in [4.69, 9.17) is 12.2 Å². The minimum absolute atomic E-state index is 0.278. The van der Waals surface area contributed by atoms with Gasteiger partial charge in [0.1, 0.15) is 10.8 Å². The molecule has 0 unspecified atom stereocenters. The molecule has 1 heterocycles. The van der Waals surface area contributed by atoms with E-state index in [9.17, 15) is 4.39 Å². The van der Waals surface area contributed by atoms with E-state index in [0.717, 1.165) is 0 Å². The van der Waals surface area contributed by atoms with Crippen LogP contribution in [0.2, 0.25) is 0 Å². The number of halogens is 1. The zero-order valence-corrected chi connectivity index (χ0v) is 8.08. The molecule has 13 heavy (non-hydrogen) atoms. The molecular formula is C8H5FN2S2. The molecule has 2 rings (SSSR count). The van der Waals surface area contributed by atoms with Gasteiger partial charge in [0.25, 0.3) is 0 Å². The summed E-state index contributed by atoms with van der Waals surface area (Å²) in [4.78, 5) is 0. The molecular weight excluding hydrogens is 207 g/mol. The fraction of sp³-hybridized carbons (Fsp3) is 0. The largest absolute Gasteiger partial charge is 0.258 e. The van der Waals surface area contributed by atoms with Crippen LogP contribution in [0.25, 0.3) is 10.6 Å². The van der Waals surface area contributed by atoms with Crippen molar-refractivity contribution in [2.45, 2.75) is 0 Å². The van der Waals surface area contributed by atoms with Crippen LogP contribution in [-0.4, -0.2) is 10.2 Å². The maximum atomic E-state index is 13.2. The highest BCUT2D eigenvalue weighted by molar-refractivity contribution is 7.73. The summed E-state index contributed by atoms with van der Waals surface area (Å²) in [5.74, 6) is -0.278. The highest BCUT2D eigenvalue weighted by Gasteiger charge is 2.06. The molecule has 0 bridgehead atoms. The molecule has 0 saturated heterocycles. The first-order valence-electron chi connectivity index (χ1n) is 3.58. The van der Waals surface area contributed by atoms with Gasteiger partial charge in [-0.3, -0.25) is 5.10 Å². The number of aromatic nitrogens is 2. The van der Waals surface area contributed by atoms with Crippen LogP contribution >= 0.6 is 23.6 Å². The van der Waals surface area contributed by atoms with Crippen LogP contribution < -0.4 is 0 Å².